The first-order valence-electron chi connectivity index (χ1n) is 5.75. The molecule has 0 bridgehead atoms. The summed E-state index contributed by atoms with van der Waals surface area (Å²) in [6, 6.07) is 6.14. The number of nitrogens with zero attached hydrogens (tertiary/aromatic N) is 3. The van der Waals surface area contributed by atoms with Gasteiger partial charge >= 0.3 is 5.97 Å². The molecule has 3 rings (SSSR count). The molecule has 0 aliphatic heterocycles. The number of halogens is 1. The van der Waals surface area contributed by atoms with Gasteiger partial charge < -0.3 is 5.11 Å². The van der Waals surface area contributed by atoms with E-state index in [1.54, 1.807) is 18.3 Å². The van der Waals surface area contributed by atoms with E-state index in [9.17, 15) is 9.18 Å². The number of fused-ring (bicyclic) bond motifs is 1. The third-order valence-electron chi connectivity index (χ3n) is 2.82. The minimum Gasteiger partial charge on any atom is -0.476 e. The van der Waals surface area contributed by atoms with E-state index in [0.29, 0.717) is 22.2 Å². The summed E-state index contributed by atoms with van der Waals surface area (Å²) in [6.07, 6.45) is 4.03. The molecule has 0 saturated heterocycles. The molecule has 3 aromatic rings. The maximum atomic E-state index is 13.6. The Hall–Kier alpha value is -2.89. The van der Waals surface area contributed by atoms with E-state index >= 15 is 0 Å². The molecule has 2 aromatic heterocycles. The second-order valence-corrected chi connectivity index (χ2v) is 4.12. The molecule has 5 nitrogen and oxygen atoms in total. The molecule has 1 aromatic carbocycles. The van der Waals surface area contributed by atoms with Crippen LogP contribution in [0.15, 0.2) is 42.9 Å². The Morgan fingerprint density at radius 1 is 1.15 bits per heavy atom. The second-order valence-electron chi connectivity index (χ2n) is 4.12. The zero-order valence-electron chi connectivity index (χ0n) is 10.1. The third-order valence-corrected chi connectivity index (χ3v) is 2.82. The fraction of sp³-hybridized carbons (Fsp3) is 0. The van der Waals surface area contributed by atoms with Gasteiger partial charge in [0.25, 0.3) is 0 Å². The first-order chi connectivity index (χ1) is 9.65. The lowest BCUT2D eigenvalue weighted by Gasteiger charge is -2.05. The van der Waals surface area contributed by atoms with Gasteiger partial charge in [0.05, 0.1) is 23.6 Å². The maximum Gasteiger partial charge on any atom is 0.356 e. The number of aromatic carboxylic acids is 1. The van der Waals surface area contributed by atoms with Gasteiger partial charge in [0.1, 0.15) is 5.82 Å². The summed E-state index contributed by atoms with van der Waals surface area (Å²) >= 11 is 0. The van der Waals surface area contributed by atoms with E-state index in [-0.39, 0.29) is 5.69 Å². The van der Waals surface area contributed by atoms with E-state index in [4.69, 9.17) is 5.11 Å². The van der Waals surface area contributed by atoms with Crippen LogP contribution in [0.1, 0.15) is 10.5 Å². The van der Waals surface area contributed by atoms with Gasteiger partial charge in [-0.3, -0.25) is 9.97 Å². The highest BCUT2D eigenvalue weighted by Gasteiger charge is 2.11. The lowest BCUT2D eigenvalue weighted by atomic mass is 10.1. The molecular formula is C14H8FN3O2. The van der Waals surface area contributed by atoms with Crippen LogP contribution in [0.25, 0.3) is 22.2 Å². The number of hydrogen-bond donors (Lipinski definition) is 1. The standard InChI is InChI=1S/C14H8FN3O2/c15-9-4-8-2-1-3-16-13(8)10(5-9)11-6-18-12(7-17-11)14(19)20/h1-7H,(H,19,20). The Bertz CT molecular complexity index is 803. The Kier molecular flexibility index (Phi) is 2.83. The van der Waals surface area contributed by atoms with Gasteiger partial charge in [-0.1, -0.05) is 6.07 Å². The highest BCUT2D eigenvalue weighted by atomic mass is 19.1. The van der Waals surface area contributed by atoms with E-state index < -0.39 is 11.8 Å². The fourth-order valence-electron chi connectivity index (χ4n) is 1.93. The molecule has 0 aliphatic carbocycles. The maximum absolute atomic E-state index is 13.6. The van der Waals surface area contributed by atoms with E-state index in [0.717, 1.165) is 6.20 Å². The van der Waals surface area contributed by atoms with Crippen molar-refractivity contribution in [3.05, 3.63) is 54.4 Å². The number of rotatable bonds is 2. The molecule has 0 atom stereocenters. The normalized spacial score (nSPS) is 10.7. The quantitative estimate of drug-likeness (QED) is 0.773. The average molecular weight is 269 g/mol. The summed E-state index contributed by atoms with van der Waals surface area (Å²) in [5.74, 6) is -1.57. The number of carbonyl (C=O) groups is 1. The van der Waals surface area contributed by atoms with Crippen LogP contribution in [-0.2, 0) is 0 Å². The van der Waals surface area contributed by atoms with E-state index in [1.165, 1.54) is 18.3 Å². The minimum absolute atomic E-state index is 0.164. The molecule has 1 N–H and O–H groups in total. The van der Waals surface area contributed by atoms with Crippen molar-refractivity contribution in [3.63, 3.8) is 0 Å². The van der Waals surface area contributed by atoms with Crippen LogP contribution in [0, 0.1) is 5.82 Å². The molecule has 6 heteroatoms. The summed E-state index contributed by atoms with van der Waals surface area (Å²) in [5.41, 5.74) is 1.27. The van der Waals surface area contributed by atoms with Crippen LogP contribution in [0.5, 0.6) is 0 Å². The summed E-state index contributed by atoms with van der Waals surface area (Å²) in [5, 5.41) is 9.43. The van der Waals surface area contributed by atoms with Crippen molar-refractivity contribution in [1.29, 1.82) is 0 Å². The Labute approximate surface area is 112 Å². The predicted octanol–water partition coefficient (Wildman–Crippen LogP) is 2.53. The molecule has 0 radical (unpaired) electrons. The molecule has 0 unspecified atom stereocenters. The van der Waals surface area contributed by atoms with Crippen LogP contribution in [0.4, 0.5) is 4.39 Å². The number of carboxylic acid groups (broad SMARTS) is 1. The second kappa shape index (κ2) is 4.65. The van der Waals surface area contributed by atoms with Crippen LogP contribution < -0.4 is 0 Å². The molecule has 0 spiro atoms. The molecule has 2 heterocycles. The van der Waals surface area contributed by atoms with Gasteiger partial charge in [-0.15, -0.1) is 0 Å². The third kappa shape index (κ3) is 2.07. The predicted molar refractivity (Wildman–Crippen MR) is 69.7 cm³/mol. The van der Waals surface area contributed by atoms with Crippen molar-refractivity contribution >= 4 is 16.9 Å². The zero-order chi connectivity index (χ0) is 14.1. The van der Waals surface area contributed by atoms with Crippen molar-refractivity contribution in [2.75, 3.05) is 0 Å². The van der Waals surface area contributed by atoms with Crippen LogP contribution >= 0.6 is 0 Å². The molecule has 98 valence electrons. The SMILES string of the molecule is O=C(O)c1cnc(-c2cc(F)cc3cccnc23)cn1. The summed E-state index contributed by atoms with van der Waals surface area (Å²) in [6.45, 7) is 0. The van der Waals surface area contributed by atoms with Gasteiger partial charge in [-0.2, -0.15) is 0 Å². The number of carboxylic acids is 1. The number of benzene rings is 1. The van der Waals surface area contributed by atoms with Gasteiger partial charge in [0, 0.05) is 17.1 Å². The molecule has 0 saturated carbocycles. The molecule has 20 heavy (non-hydrogen) atoms. The molecule has 0 aliphatic rings. The van der Waals surface area contributed by atoms with Crippen molar-refractivity contribution in [3.8, 4) is 11.3 Å². The molecular weight excluding hydrogens is 261 g/mol. The first kappa shape index (κ1) is 12.2. The zero-order valence-corrected chi connectivity index (χ0v) is 10.1. The lowest BCUT2D eigenvalue weighted by Crippen LogP contribution is -2.01. The smallest absolute Gasteiger partial charge is 0.356 e. The summed E-state index contributed by atoms with van der Waals surface area (Å²) < 4.78 is 13.6. The average Bonchev–Trinajstić information content (AvgIpc) is 2.46. The summed E-state index contributed by atoms with van der Waals surface area (Å²) in [7, 11) is 0. The number of hydrogen-bond acceptors (Lipinski definition) is 4. The number of pyridine rings is 1. The molecule has 0 amide bonds. The van der Waals surface area contributed by atoms with Gasteiger partial charge in [-0.05, 0) is 18.2 Å². The first-order valence-corrected chi connectivity index (χ1v) is 5.75. The van der Waals surface area contributed by atoms with Gasteiger partial charge in [-0.25, -0.2) is 14.2 Å². The Morgan fingerprint density at radius 3 is 2.70 bits per heavy atom. The van der Waals surface area contributed by atoms with Crippen LogP contribution in [0.3, 0.4) is 0 Å². The van der Waals surface area contributed by atoms with E-state index in [2.05, 4.69) is 15.0 Å². The molecule has 0 fully saturated rings. The van der Waals surface area contributed by atoms with Crippen molar-refractivity contribution in [1.82, 2.24) is 15.0 Å². The van der Waals surface area contributed by atoms with Crippen molar-refractivity contribution < 1.29 is 14.3 Å². The Balaban J connectivity index is 2.20. The van der Waals surface area contributed by atoms with Gasteiger partial charge in [0.2, 0.25) is 0 Å². The highest BCUT2D eigenvalue weighted by Crippen LogP contribution is 2.26. The number of aromatic nitrogens is 3. The van der Waals surface area contributed by atoms with Crippen molar-refractivity contribution in [2.45, 2.75) is 0 Å². The lowest BCUT2D eigenvalue weighted by molar-refractivity contribution is 0.0690. The van der Waals surface area contributed by atoms with Gasteiger partial charge in [0.15, 0.2) is 5.69 Å². The fourth-order valence-corrected chi connectivity index (χ4v) is 1.93. The minimum atomic E-state index is -1.16. The van der Waals surface area contributed by atoms with E-state index in [1.807, 2.05) is 0 Å². The van der Waals surface area contributed by atoms with Crippen LogP contribution in [-0.4, -0.2) is 26.0 Å². The highest BCUT2D eigenvalue weighted by molar-refractivity contribution is 5.92. The monoisotopic (exact) mass is 269 g/mol. The topological polar surface area (TPSA) is 76.0 Å². The van der Waals surface area contributed by atoms with Crippen molar-refractivity contribution in [2.24, 2.45) is 0 Å². The Morgan fingerprint density at radius 2 is 2.00 bits per heavy atom. The van der Waals surface area contributed by atoms with Crippen LogP contribution in [0.2, 0.25) is 0 Å². The summed E-state index contributed by atoms with van der Waals surface area (Å²) in [4.78, 5) is 22.7. The largest absolute Gasteiger partial charge is 0.476 e.